The van der Waals surface area contributed by atoms with E-state index >= 15 is 0 Å². The number of benzene rings is 1. The predicted octanol–water partition coefficient (Wildman–Crippen LogP) is 3.06. The molecule has 0 spiro atoms. The van der Waals surface area contributed by atoms with Crippen LogP contribution in [0.15, 0.2) is 42.6 Å². The molecule has 1 aliphatic carbocycles. The fraction of sp³-hybridized carbons (Fsp3) is 0.235. The second-order valence-electron chi connectivity index (χ2n) is 5.49. The van der Waals surface area contributed by atoms with Crippen molar-refractivity contribution in [3.63, 3.8) is 0 Å². The van der Waals surface area contributed by atoms with Crippen molar-refractivity contribution in [1.82, 2.24) is 4.98 Å². The van der Waals surface area contributed by atoms with Crippen LogP contribution < -0.4 is 10.6 Å². The summed E-state index contributed by atoms with van der Waals surface area (Å²) in [5, 5.41) is 5.92. The number of nitrogens with one attached hydrogen (secondary N) is 2. The molecule has 124 valence electrons. The SMILES string of the molecule is O=C(COC(=O)c1ccc(NC2CC2)nc1)Nc1cccc(I)c1. The molecule has 1 saturated carbocycles. The average molecular weight is 437 g/mol. The van der Waals surface area contributed by atoms with Crippen LogP contribution in [0.5, 0.6) is 0 Å². The van der Waals surface area contributed by atoms with Crippen LogP contribution in [0.25, 0.3) is 0 Å². The van der Waals surface area contributed by atoms with E-state index in [9.17, 15) is 9.59 Å². The Morgan fingerprint density at radius 2 is 2.08 bits per heavy atom. The Labute approximate surface area is 153 Å². The van der Waals surface area contributed by atoms with Crippen molar-refractivity contribution in [3.8, 4) is 0 Å². The van der Waals surface area contributed by atoms with E-state index in [-0.39, 0.29) is 12.5 Å². The molecule has 1 fully saturated rings. The first kappa shape index (κ1) is 16.7. The minimum Gasteiger partial charge on any atom is -0.452 e. The second-order valence-corrected chi connectivity index (χ2v) is 6.73. The van der Waals surface area contributed by atoms with E-state index in [0.29, 0.717) is 17.3 Å². The van der Waals surface area contributed by atoms with E-state index < -0.39 is 5.97 Å². The van der Waals surface area contributed by atoms with Gasteiger partial charge in [0.25, 0.3) is 5.91 Å². The van der Waals surface area contributed by atoms with Gasteiger partial charge in [-0.2, -0.15) is 0 Å². The van der Waals surface area contributed by atoms with Crippen LogP contribution in [0.1, 0.15) is 23.2 Å². The van der Waals surface area contributed by atoms with Crippen LogP contribution in [0.4, 0.5) is 11.5 Å². The summed E-state index contributed by atoms with van der Waals surface area (Å²) in [4.78, 5) is 27.9. The fourth-order valence-electron chi connectivity index (χ4n) is 2.01. The zero-order valence-corrected chi connectivity index (χ0v) is 14.9. The van der Waals surface area contributed by atoms with Crippen LogP contribution in [-0.4, -0.2) is 29.5 Å². The first-order valence-corrected chi connectivity index (χ1v) is 8.63. The summed E-state index contributed by atoms with van der Waals surface area (Å²) in [6.45, 7) is -0.341. The van der Waals surface area contributed by atoms with Crippen LogP contribution in [-0.2, 0) is 9.53 Å². The summed E-state index contributed by atoms with van der Waals surface area (Å²) >= 11 is 2.16. The third-order valence-corrected chi connectivity index (χ3v) is 4.04. The summed E-state index contributed by atoms with van der Waals surface area (Å²) in [6, 6.07) is 11.2. The van der Waals surface area contributed by atoms with Gasteiger partial charge in [0.15, 0.2) is 6.61 Å². The normalized spacial score (nSPS) is 13.2. The summed E-state index contributed by atoms with van der Waals surface area (Å²) in [7, 11) is 0. The van der Waals surface area contributed by atoms with Crippen LogP contribution in [0.3, 0.4) is 0 Å². The van der Waals surface area contributed by atoms with Crippen molar-refractivity contribution in [1.29, 1.82) is 0 Å². The molecule has 1 heterocycles. The van der Waals surface area contributed by atoms with Gasteiger partial charge in [-0.1, -0.05) is 6.07 Å². The number of hydrogen-bond donors (Lipinski definition) is 2. The van der Waals surface area contributed by atoms with Gasteiger partial charge >= 0.3 is 5.97 Å². The molecule has 0 bridgehead atoms. The van der Waals surface area contributed by atoms with Crippen molar-refractivity contribution in [2.24, 2.45) is 0 Å². The minimum absolute atomic E-state index is 0.318. The molecule has 0 aliphatic heterocycles. The molecular weight excluding hydrogens is 421 g/mol. The van der Waals surface area contributed by atoms with Crippen LogP contribution in [0, 0.1) is 3.57 Å². The monoisotopic (exact) mass is 437 g/mol. The van der Waals surface area contributed by atoms with E-state index in [4.69, 9.17) is 4.74 Å². The van der Waals surface area contributed by atoms with Gasteiger partial charge in [-0.3, -0.25) is 4.79 Å². The van der Waals surface area contributed by atoms with Gasteiger partial charge in [0.2, 0.25) is 0 Å². The number of carbonyl (C=O) groups is 2. The Balaban J connectivity index is 1.48. The molecule has 0 radical (unpaired) electrons. The number of hydrogen-bond acceptors (Lipinski definition) is 5. The van der Waals surface area contributed by atoms with E-state index in [1.807, 2.05) is 18.2 Å². The molecule has 0 unspecified atom stereocenters. The highest BCUT2D eigenvalue weighted by atomic mass is 127. The number of amides is 1. The summed E-state index contributed by atoms with van der Waals surface area (Å²) in [5.41, 5.74) is 0.985. The average Bonchev–Trinajstić information content (AvgIpc) is 3.37. The number of aromatic nitrogens is 1. The molecule has 2 N–H and O–H groups in total. The summed E-state index contributed by atoms with van der Waals surface area (Å²) in [6.07, 6.45) is 3.76. The third kappa shape index (κ3) is 4.92. The Kier molecular flexibility index (Phi) is 5.29. The van der Waals surface area contributed by atoms with Crippen LogP contribution in [0.2, 0.25) is 0 Å². The largest absolute Gasteiger partial charge is 0.452 e. The molecule has 1 aromatic heterocycles. The molecule has 1 aromatic carbocycles. The molecular formula is C17H16IN3O3. The smallest absolute Gasteiger partial charge is 0.340 e. The maximum absolute atomic E-state index is 11.9. The number of nitrogens with zero attached hydrogens (tertiary/aromatic N) is 1. The number of rotatable bonds is 6. The number of esters is 1. The predicted molar refractivity (Wildman–Crippen MR) is 99.0 cm³/mol. The molecule has 0 saturated heterocycles. The summed E-state index contributed by atoms with van der Waals surface area (Å²) in [5.74, 6) is -0.214. The summed E-state index contributed by atoms with van der Waals surface area (Å²) < 4.78 is 6.02. The molecule has 2 aromatic rings. The molecule has 1 aliphatic rings. The van der Waals surface area contributed by atoms with E-state index in [0.717, 1.165) is 22.2 Å². The van der Waals surface area contributed by atoms with Crippen LogP contribution >= 0.6 is 22.6 Å². The fourth-order valence-corrected chi connectivity index (χ4v) is 2.56. The van der Waals surface area contributed by atoms with Crippen molar-refractivity contribution in [2.75, 3.05) is 17.2 Å². The number of pyridine rings is 1. The lowest BCUT2D eigenvalue weighted by Crippen LogP contribution is -2.21. The molecule has 1 amide bonds. The zero-order valence-electron chi connectivity index (χ0n) is 12.8. The van der Waals surface area contributed by atoms with Gasteiger partial charge in [-0.15, -0.1) is 0 Å². The van der Waals surface area contributed by atoms with Gasteiger partial charge in [-0.05, 0) is 65.8 Å². The van der Waals surface area contributed by atoms with E-state index in [1.54, 1.807) is 18.2 Å². The lowest BCUT2D eigenvalue weighted by atomic mass is 10.3. The topological polar surface area (TPSA) is 80.3 Å². The highest BCUT2D eigenvalue weighted by Crippen LogP contribution is 2.23. The number of carbonyl (C=O) groups excluding carboxylic acids is 2. The van der Waals surface area contributed by atoms with Crippen molar-refractivity contribution in [2.45, 2.75) is 18.9 Å². The van der Waals surface area contributed by atoms with Crippen molar-refractivity contribution in [3.05, 3.63) is 51.7 Å². The Bertz CT molecular complexity index is 745. The van der Waals surface area contributed by atoms with Crippen molar-refractivity contribution >= 4 is 46.0 Å². The number of ether oxygens (including phenoxy) is 1. The van der Waals surface area contributed by atoms with Gasteiger partial charge in [0.1, 0.15) is 5.82 Å². The highest BCUT2D eigenvalue weighted by Gasteiger charge is 2.21. The van der Waals surface area contributed by atoms with E-state index in [2.05, 4.69) is 38.2 Å². The first-order valence-electron chi connectivity index (χ1n) is 7.55. The molecule has 24 heavy (non-hydrogen) atoms. The Morgan fingerprint density at radius 1 is 1.25 bits per heavy atom. The number of anilines is 2. The van der Waals surface area contributed by atoms with Gasteiger partial charge in [0, 0.05) is 21.5 Å². The maximum atomic E-state index is 11.9. The van der Waals surface area contributed by atoms with Gasteiger partial charge in [0.05, 0.1) is 5.56 Å². The standard InChI is InChI=1S/C17H16IN3O3/c18-12-2-1-3-14(8-12)21-16(22)10-24-17(23)11-4-7-15(19-9-11)20-13-5-6-13/h1-4,7-9,13H,5-6,10H2,(H,19,20)(H,21,22). The molecule has 7 heteroatoms. The highest BCUT2D eigenvalue weighted by molar-refractivity contribution is 14.1. The maximum Gasteiger partial charge on any atom is 0.340 e. The quantitative estimate of drug-likeness (QED) is 0.537. The Hall–Kier alpha value is -2.16. The lowest BCUT2D eigenvalue weighted by molar-refractivity contribution is -0.119. The van der Waals surface area contributed by atoms with Crippen molar-refractivity contribution < 1.29 is 14.3 Å². The van der Waals surface area contributed by atoms with Gasteiger partial charge in [-0.25, -0.2) is 9.78 Å². The number of halogens is 1. The second kappa shape index (κ2) is 7.61. The zero-order chi connectivity index (χ0) is 16.9. The molecule has 6 nitrogen and oxygen atoms in total. The molecule has 0 atom stereocenters. The third-order valence-electron chi connectivity index (χ3n) is 3.37. The van der Waals surface area contributed by atoms with E-state index in [1.165, 1.54) is 6.20 Å². The first-order chi connectivity index (χ1) is 11.6. The van der Waals surface area contributed by atoms with Gasteiger partial charge < -0.3 is 15.4 Å². The lowest BCUT2D eigenvalue weighted by Gasteiger charge is -2.07. The minimum atomic E-state index is -0.571. The molecule has 3 rings (SSSR count). The Morgan fingerprint density at radius 3 is 2.75 bits per heavy atom.